The minimum atomic E-state index is -0.685. The smallest absolute Gasteiger partial charge is 0.349 e. The maximum atomic E-state index is 12.8. The van der Waals surface area contributed by atoms with Gasteiger partial charge in [-0.15, -0.1) is 5.10 Å². The van der Waals surface area contributed by atoms with Crippen molar-refractivity contribution in [2.75, 3.05) is 5.32 Å². The molecule has 0 saturated heterocycles. The number of nitro benzene ring substituents is 1. The van der Waals surface area contributed by atoms with Crippen molar-refractivity contribution in [3.8, 4) is 5.69 Å². The molecule has 0 spiro atoms. The number of aromatic amines is 1. The first kappa shape index (κ1) is 22.0. The third-order valence-electron chi connectivity index (χ3n) is 5.80. The summed E-state index contributed by atoms with van der Waals surface area (Å²) in [5, 5.41) is 31.3. The highest BCUT2D eigenvalue weighted by atomic mass is 16.6. The molecule has 0 unspecified atom stereocenters. The quantitative estimate of drug-likeness (QED) is 0.248. The van der Waals surface area contributed by atoms with Gasteiger partial charge in [0.1, 0.15) is 0 Å². The van der Waals surface area contributed by atoms with Crippen LogP contribution in [-0.2, 0) is 6.42 Å². The number of benzene rings is 3. The molecule has 35 heavy (non-hydrogen) atoms. The van der Waals surface area contributed by atoms with Crippen LogP contribution < -0.4 is 16.3 Å². The van der Waals surface area contributed by atoms with E-state index in [0.29, 0.717) is 17.7 Å². The molecular formula is C24H20N6O5. The molecule has 1 heterocycles. The lowest BCUT2D eigenvalue weighted by molar-refractivity contribution is -0.384. The molecule has 0 saturated carbocycles. The summed E-state index contributed by atoms with van der Waals surface area (Å²) in [5.74, 6) is -0.190. The van der Waals surface area contributed by atoms with Gasteiger partial charge < -0.3 is 15.7 Å². The van der Waals surface area contributed by atoms with Crippen LogP contribution >= 0.6 is 0 Å². The number of aliphatic hydroxyl groups is 1. The third kappa shape index (κ3) is 4.39. The number of nitrogens with zero attached hydrogens (tertiary/aromatic N) is 3. The van der Waals surface area contributed by atoms with Gasteiger partial charge in [-0.05, 0) is 41.5 Å². The van der Waals surface area contributed by atoms with Crippen LogP contribution in [0.4, 0.5) is 17.3 Å². The van der Waals surface area contributed by atoms with Crippen LogP contribution in [0.3, 0.4) is 0 Å². The number of carbonyl (C=O) groups is 1. The predicted molar refractivity (Wildman–Crippen MR) is 127 cm³/mol. The average molecular weight is 472 g/mol. The number of rotatable bonds is 6. The van der Waals surface area contributed by atoms with Gasteiger partial charge in [0.2, 0.25) is 5.95 Å². The number of carbonyl (C=O) groups excluding carboxylic acids is 1. The maximum absolute atomic E-state index is 12.8. The number of non-ortho nitro benzene ring substituents is 1. The van der Waals surface area contributed by atoms with E-state index in [2.05, 4.69) is 20.7 Å². The number of anilines is 2. The van der Waals surface area contributed by atoms with Gasteiger partial charge in [0.25, 0.3) is 11.6 Å². The van der Waals surface area contributed by atoms with E-state index in [-0.39, 0.29) is 23.2 Å². The van der Waals surface area contributed by atoms with Crippen molar-refractivity contribution < 1.29 is 14.8 Å². The van der Waals surface area contributed by atoms with Crippen LogP contribution in [-0.4, -0.2) is 36.8 Å². The summed E-state index contributed by atoms with van der Waals surface area (Å²) in [7, 11) is 0. The monoisotopic (exact) mass is 472 g/mol. The number of hydrogen-bond donors (Lipinski definition) is 4. The Hall–Kier alpha value is -4.77. The Labute approximate surface area is 198 Å². The molecule has 0 aliphatic heterocycles. The number of fused-ring (bicyclic) bond motifs is 1. The summed E-state index contributed by atoms with van der Waals surface area (Å²) >= 11 is 0. The zero-order valence-electron chi connectivity index (χ0n) is 18.2. The summed E-state index contributed by atoms with van der Waals surface area (Å²) < 4.78 is 1.02. The van der Waals surface area contributed by atoms with Crippen molar-refractivity contribution in [3.05, 3.63) is 110 Å². The lowest BCUT2D eigenvalue weighted by Crippen LogP contribution is -2.33. The SMILES string of the molecule is O=C(N[C@@H]1c2ccccc2C[C@@H]1O)c1ccc(Nc2nn(-c3cccc([N+](=O)[O-])c3)c(=O)[nH]2)cc1. The second kappa shape index (κ2) is 8.88. The summed E-state index contributed by atoms with van der Waals surface area (Å²) in [4.78, 5) is 38.0. The highest BCUT2D eigenvalue weighted by Gasteiger charge is 2.32. The van der Waals surface area contributed by atoms with Gasteiger partial charge in [-0.2, -0.15) is 4.68 Å². The van der Waals surface area contributed by atoms with Crippen molar-refractivity contribution >= 4 is 23.2 Å². The van der Waals surface area contributed by atoms with E-state index in [1.54, 1.807) is 24.3 Å². The van der Waals surface area contributed by atoms with E-state index >= 15 is 0 Å². The number of amides is 1. The van der Waals surface area contributed by atoms with E-state index in [1.807, 2.05) is 24.3 Å². The molecule has 4 N–H and O–H groups in total. The molecular weight excluding hydrogens is 452 g/mol. The minimum Gasteiger partial charge on any atom is -0.390 e. The Kier molecular flexibility index (Phi) is 5.59. The van der Waals surface area contributed by atoms with Crippen LogP contribution in [0.2, 0.25) is 0 Å². The van der Waals surface area contributed by atoms with Crippen LogP contribution in [0.1, 0.15) is 27.5 Å². The van der Waals surface area contributed by atoms with Crippen molar-refractivity contribution in [2.45, 2.75) is 18.6 Å². The van der Waals surface area contributed by atoms with Gasteiger partial charge >= 0.3 is 5.69 Å². The summed E-state index contributed by atoms with van der Waals surface area (Å²) in [5.41, 5.74) is 2.42. The van der Waals surface area contributed by atoms with Crippen molar-refractivity contribution in [2.24, 2.45) is 0 Å². The molecule has 1 amide bonds. The van der Waals surface area contributed by atoms with E-state index in [4.69, 9.17) is 0 Å². The Morgan fingerprint density at radius 3 is 2.66 bits per heavy atom. The fourth-order valence-electron chi connectivity index (χ4n) is 4.11. The van der Waals surface area contributed by atoms with Gasteiger partial charge in [0.15, 0.2) is 0 Å². The molecule has 0 bridgehead atoms. The maximum Gasteiger partial charge on any atom is 0.349 e. The fraction of sp³-hybridized carbons (Fsp3) is 0.125. The van der Waals surface area contributed by atoms with E-state index in [1.165, 1.54) is 24.3 Å². The topological polar surface area (TPSA) is 155 Å². The molecule has 176 valence electrons. The number of nitrogens with one attached hydrogen (secondary N) is 3. The first-order valence-electron chi connectivity index (χ1n) is 10.8. The highest BCUT2D eigenvalue weighted by Crippen LogP contribution is 2.31. The first-order chi connectivity index (χ1) is 16.9. The van der Waals surface area contributed by atoms with Crippen LogP contribution in [0.25, 0.3) is 5.69 Å². The van der Waals surface area contributed by atoms with Crippen molar-refractivity contribution in [1.82, 2.24) is 20.1 Å². The van der Waals surface area contributed by atoms with Gasteiger partial charge in [0, 0.05) is 29.8 Å². The molecule has 1 aliphatic rings. The third-order valence-corrected chi connectivity index (χ3v) is 5.80. The molecule has 4 aromatic rings. The lowest BCUT2D eigenvalue weighted by Gasteiger charge is -2.18. The molecule has 2 atom stereocenters. The average Bonchev–Trinajstić information content (AvgIpc) is 3.38. The van der Waals surface area contributed by atoms with Gasteiger partial charge in [-0.3, -0.25) is 19.9 Å². The van der Waals surface area contributed by atoms with Gasteiger partial charge in [-0.1, -0.05) is 30.3 Å². The normalized spacial score (nSPS) is 16.5. The Bertz CT molecular complexity index is 1480. The molecule has 1 aromatic heterocycles. The number of hydrogen-bond acceptors (Lipinski definition) is 7. The van der Waals surface area contributed by atoms with Crippen molar-refractivity contribution in [3.63, 3.8) is 0 Å². The summed E-state index contributed by atoms with van der Waals surface area (Å²) in [6.07, 6.45) is -0.194. The predicted octanol–water partition coefficient (Wildman–Crippen LogP) is 2.60. The molecule has 5 rings (SSSR count). The second-order valence-electron chi connectivity index (χ2n) is 8.09. The number of H-pyrrole nitrogens is 1. The zero-order valence-corrected chi connectivity index (χ0v) is 18.2. The standard InChI is InChI=1S/C24H20N6O5/c31-20-12-15-4-1-2-7-19(15)21(20)26-22(32)14-8-10-16(11-9-14)25-23-27-24(33)29(28-23)17-5-3-6-18(13-17)30(34)35/h1-11,13,20-21,31H,12H2,(H,26,32)(H2,25,27,28,33)/t20-,21+/m0/s1. The zero-order chi connectivity index (χ0) is 24.5. The highest BCUT2D eigenvalue weighted by molar-refractivity contribution is 5.95. The van der Waals surface area contributed by atoms with Crippen molar-refractivity contribution in [1.29, 1.82) is 0 Å². The summed E-state index contributed by atoms with van der Waals surface area (Å²) in [6.45, 7) is 0. The first-order valence-corrected chi connectivity index (χ1v) is 10.8. The molecule has 1 aliphatic carbocycles. The molecule has 0 radical (unpaired) electrons. The lowest BCUT2D eigenvalue weighted by atomic mass is 10.1. The minimum absolute atomic E-state index is 0.129. The molecule has 11 nitrogen and oxygen atoms in total. The van der Waals surface area contributed by atoms with E-state index in [9.17, 15) is 24.8 Å². The van der Waals surface area contributed by atoms with Crippen LogP contribution in [0, 0.1) is 10.1 Å². The summed E-state index contributed by atoms with van der Waals surface area (Å²) in [6, 6.07) is 19.2. The van der Waals surface area contributed by atoms with Crippen LogP contribution in [0.15, 0.2) is 77.6 Å². The Morgan fingerprint density at radius 2 is 1.89 bits per heavy atom. The molecule has 3 aromatic carbocycles. The Morgan fingerprint density at radius 1 is 1.11 bits per heavy atom. The van der Waals surface area contributed by atoms with E-state index in [0.717, 1.165) is 15.8 Å². The number of nitro groups is 1. The number of aromatic nitrogens is 3. The van der Waals surface area contributed by atoms with Crippen LogP contribution in [0.5, 0.6) is 0 Å². The molecule has 11 heteroatoms. The largest absolute Gasteiger partial charge is 0.390 e. The number of aliphatic hydroxyl groups excluding tert-OH is 1. The Balaban J connectivity index is 1.28. The van der Waals surface area contributed by atoms with E-state index < -0.39 is 22.8 Å². The van der Waals surface area contributed by atoms with Gasteiger partial charge in [0.05, 0.1) is 22.8 Å². The molecule has 0 fully saturated rings. The fourth-order valence-corrected chi connectivity index (χ4v) is 4.11. The second-order valence-corrected chi connectivity index (χ2v) is 8.09. The van der Waals surface area contributed by atoms with Gasteiger partial charge in [-0.25, -0.2) is 4.79 Å².